The van der Waals surface area contributed by atoms with Crippen molar-refractivity contribution in [3.63, 3.8) is 0 Å². The van der Waals surface area contributed by atoms with Gasteiger partial charge in [0.05, 0.1) is 15.7 Å². The van der Waals surface area contributed by atoms with Gasteiger partial charge in [0.25, 0.3) is 0 Å². The molecule has 0 aliphatic heterocycles. The third-order valence-electron chi connectivity index (χ3n) is 0. The fraction of sp³-hybridized carbons (Fsp3) is 1.00. The van der Waals surface area contributed by atoms with E-state index in [2.05, 4.69) is 0 Å². The molecule has 0 saturated heterocycles. The highest BCUT2D eigenvalue weighted by molar-refractivity contribution is 6.13. The van der Waals surface area contributed by atoms with Crippen LogP contribution in [-0.4, -0.2) is 15.7 Å². The van der Waals surface area contributed by atoms with Crippen LogP contribution >= 0.6 is 0 Å². The summed E-state index contributed by atoms with van der Waals surface area (Å²) in [6, 6.07) is 0. The first-order valence-corrected chi connectivity index (χ1v) is 2.37. The molecule has 4 heteroatoms. The molecule has 0 aliphatic carbocycles. The van der Waals surface area contributed by atoms with Crippen molar-refractivity contribution in [2.45, 2.75) is 5.41 Å². The van der Waals surface area contributed by atoms with Crippen LogP contribution in [0.15, 0.2) is 0 Å². The molecule has 0 bridgehead atoms. The van der Waals surface area contributed by atoms with Crippen LogP contribution in [0.5, 0.6) is 0 Å². The lowest BCUT2D eigenvalue weighted by Gasteiger charge is -2.07. The topological polar surface area (TPSA) is 78.1 Å². The van der Waals surface area contributed by atoms with E-state index in [4.69, 9.17) is 17.2 Å². The predicted octanol–water partition coefficient (Wildman–Crippen LogP) is -3.16. The fourth-order valence-corrected chi connectivity index (χ4v) is 0. The first-order chi connectivity index (χ1) is 2.00. The van der Waals surface area contributed by atoms with Gasteiger partial charge in [-0.2, -0.15) is 0 Å². The molecule has 0 unspecified atom stereocenters. The van der Waals surface area contributed by atoms with Crippen molar-refractivity contribution in [3.8, 4) is 0 Å². The Morgan fingerprint density at radius 3 is 1.20 bits per heavy atom. The molecule has 0 rings (SSSR count). The van der Waals surface area contributed by atoms with E-state index in [-0.39, 0.29) is 0 Å². The van der Waals surface area contributed by atoms with Crippen LogP contribution in [0.2, 0.25) is 0 Å². The molecule has 0 heterocycles. The lowest BCUT2D eigenvalue weighted by Crippen LogP contribution is -2.58. The van der Waals surface area contributed by atoms with E-state index in [1.807, 2.05) is 0 Å². The standard InChI is InChI=1S/CH9N3Si/c2-1(3,4)5/h2-4H2,5H3. The Morgan fingerprint density at radius 2 is 1.20 bits per heavy atom. The van der Waals surface area contributed by atoms with Gasteiger partial charge >= 0.3 is 0 Å². The van der Waals surface area contributed by atoms with Crippen LogP contribution in [-0.2, 0) is 0 Å². The molecule has 0 atom stereocenters. The van der Waals surface area contributed by atoms with E-state index in [9.17, 15) is 0 Å². The Bertz CT molecular complexity index is 22.4. The van der Waals surface area contributed by atoms with Gasteiger partial charge in [-0.15, -0.1) is 0 Å². The normalized spacial score (nSPS) is 12.6. The van der Waals surface area contributed by atoms with Gasteiger partial charge in [0.1, 0.15) is 0 Å². The van der Waals surface area contributed by atoms with E-state index < -0.39 is 5.41 Å². The quantitative estimate of drug-likeness (QED) is 0.217. The molecular weight excluding hydrogens is 82.1 g/mol. The Labute approximate surface area is 33.9 Å². The highest BCUT2D eigenvalue weighted by atomic mass is 28.1. The molecule has 0 amide bonds. The Balaban J connectivity index is 3.02. The van der Waals surface area contributed by atoms with Crippen molar-refractivity contribution in [2.75, 3.05) is 0 Å². The summed E-state index contributed by atoms with van der Waals surface area (Å²) in [4.78, 5) is 0. The molecule has 0 fully saturated rings. The van der Waals surface area contributed by atoms with Gasteiger partial charge in [0.2, 0.25) is 0 Å². The van der Waals surface area contributed by atoms with Gasteiger partial charge in [0.15, 0.2) is 0 Å². The summed E-state index contributed by atoms with van der Waals surface area (Å²) in [5, 5.41) is 0. The molecule has 0 aromatic heterocycles. The van der Waals surface area contributed by atoms with Gasteiger partial charge < -0.3 is 17.2 Å². The van der Waals surface area contributed by atoms with Crippen molar-refractivity contribution in [2.24, 2.45) is 17.2 Å². The van der Waals surface area contributed by atoms with Crippen LogP contribution in [0.3, 0.4) is 0 Å². The second-order valence-electron chi connectivity index (χ2n) is 1.37. The molecule has 0 aromatic carbocycles. The first-order valence-electron chi connectivity index (χ1n) is 1.37. The second-order valence-corrected chi connectivity index (χ2v) is 3.10. The summed E-state index contributed by atoms with van der Waals surface area (Å²) in [6.45, 7) is 0. The minimum Gasteiger partial charge on any atom is -0.306 e. The summed E-state index contributed by atoms with van der Waals surface area (Å²) in [5.74, 6) is 0. The number of nitrogens with two attached hydrogens (primary N) is 3. The van der Waals surface area contributed by atoms with Crippen LogP contribution in [0.4, 0.5) is 0 Å². The van der Waals surface area contributed by atoms with Crippen molar-refractivity contribution >= 4 is 10.2 Å². The summed E-state index contributed by atoms with van der Waals surface area (Å²) in [6.07, 6.45) is 0. The highest BCUT2D eigenvalue weighted by Gasteiger charge is 1.95. The molecular formula is CH9N3Si. The van der Waals surface area contributed by atoms with Crippen molar-refractivity contribution < 1.29 is 0 Å². The summed E-state index contributed by atoms with van der Waals surface area (Å²) in [5.41, 5.74) is 14.1. The Kier molecular flexibility index (Phi) is 1.08. The predicted molar refractivity (Wildman–Crippen MR) is 25.2 cm³/mol. The number of hydrogen-bond donors (Lipinski definition) is 3. The van der Waals surface area contributed by atoms with Crippen LogP contribution in [0.1, 0.15) is 0 Å². The van der Waals surface area contributed by atoms with Crippen LogP contribution in [0.25, 0.3) is 0 Å². The maximum Gasteiger partial charge on any atom is 0.0896 e. The smallest absolute Gasteiger partial charge is 0.0896 e. The fourth-order valence-electron chi connectivity index (χ4n) is 0. The van der Waals surface area contributed by atoms with Gasteiger partial charge in [0, 0.05) is 0 Å². The minimum atomic E-state index is -0.861. The zero-order valence-electron chi connectivity index (χ0n) is 3.23. The largest absolute Gasteiger partial charge is 0.306 e. The average molecular weight is 91.2 g/mol. The minimum absolute atomic E-state index is 0.641. The third-order valence-corrected chi connectivity index (χ3v) is 0. The van der Waals surface area contributed by atoms with E-state index in [1.165, 1.54) is 0 Å². The third kappa shape index (κ3) is 1920. The average Bonchev–Trinajstić information content (AvgIpc) is 0.722. The zero-order valence-corrected chi connectivity index (χ0v) is 5.23. The lowest BCUT2D eigenvalue weighted by atomic mass is 11.0. The number of hydrogen-bond acceptors (Lipinski definition) is 3. The SMILES string of the molecule is NC(N)(N)[SiH3]. The van der Waals surface area contributed by atoms with E-state index in [0.29, 0.717) is 10.2 Å². The van der Waals surface area contributed by atoms with Gasteiger partial charge in [-0.25, -0.2) is 0 Å². The van der Waals surface area contributed by atoms with E-state index >= 15 is 0 Å². The molecule has 0 aliphatic rings. The van der Waals surface area contributed by atoms with Crippen molar-refractivity contribution in [1.29, 1.82) is 0 Å². The van der Waals surface area contributed by atoms with Crippen molar-refractivity contribution in [1.82, 2.24) is 0 Å². The van der Waals surface area contributed by atoms with E-state index in [1.54, 1.807) is 0 Å². The maximum atomic E-state index is 4.97. The summed E-state index contributed by atoms with van der Waals surface area (Å²) >= 11 is 0. The van der Waals surface area contributed by atoms with Gasteiger partial charge in [-0.1, -0.05) is 0 Å². The molecule has 6 N–H and O–H groups in total. The zero-order chi connectivity index (χ0) is 4.50. The van der Waals surface area contributed by atoms with Crippen LogP contribution in [0, 0.1) is 0 Å². The lowest BCUT2D eigenvalue weighted by molar-refractivity contribution is 0.662. The molecule has 32 valence electrons. The molecule has 0 saturated carbocycles. The Hall–Kier alpha value is 0.0969. The molecule has 0 spiro atoms. The molecule has 3 nitrogen and oxygen atoms in total. The highest BCUT2D eigenvalue weighted by Crippen LogP contribution is 1.51. The molecule has 0 aromatic rings. The van der Waals surface area contributed by atoms with Gasteiger partial charge in [-0.3, -0.25) is 0 Å². The summed E-state index contributed by atoms with van der Waals surface area (Å²) < 4.78 is 0. The summed E-state index contributed by atoms with van der Waals surface area (Å²) in [7, 11) is 0.641. The van der Waals surface area contributed by atoms with E-state index in [0.717, 1.165) is 0 Å². The Morgan fingerprint density at radius 1 is 1.20 bits per heavy atom. The second kappa shape index (κ2) is 1.06. The molecule has 5 heavy (non-hydrogen) atoms. The van der Waals surface area contributed by atoms with Gasteiger partial charge in [-0.05, 0) is 0 Å². The monoisotopic (exact) mass is 91.1 g/mol. The number of rotatable bonds is 0. The molecule has 0 radical (unpaired) electrons. The van der Waals surface area contributed by atoms with Crippen molar-refractivity contribution in [3.05, 3.63) is 0 Å². The maximum absolute atomic E-state index is 4.97. The first kappa shape index (κ1) is 5.10. The van der Waals surface area contributed by atoms with Crippen LogP contribution < -0.4 is 17.2 Å².